The maximum Gasteiger partial charge on any atom is 0.410 e. The van der Waals surface area contributed by atoms with Gasteiger partial charge in [0.15, 0.2) is 0 Å². The Balaban J connectivity index is 1.65. The number of rotatable bonds is 4. The molecule has 28 heavy (non-hydrogen) atoms. The summed E-state index contributed by atoms with van der Waals surface area (Å²) >= 11 is 0. The van der Waals surface area contributed by atoms with Gasteiger partial charge in [-0.3, -0.25) is 0 Å². The van der Waals surface area contributed by atoms with Gasteiger partial charge in [-0.25, -0.2) is 13.2 Å². The summed E-state index contributed by atoms with van der Waals surface area (Å²) in [7, 11) is -3.67. The SMILES string of the molecule is CC(C)(C)OC(=O)N1CC(Oc2cccc(S(=O)(=O)c3ccc(N)cc3)c2)C1. The molecule has 2 aromatic carbocycles. The Morgan fingerprint density at radius 3 is 2.32 bits per heavy atom. The molecule has 150 valence electrons. The van der Waals surface area contributed by atoms with E-state index in [4.69, 9.17) is 15.2 Å². The maximum absolute atomic E-state index is 12.8. The normalized spacial score (nSPS) is 15.0. The van der Waals surface area contributed by atoms with E-state index in [1.165, 1.54) is 24.3 Å². The van der Waals surface area contributed by atoms with Gasteiger partial charge in [-0.2, -0.15) is 0 Å². The molecule has 0 spiro atoms. The van der Waals surface area contributed by atoms with Gasteiger partial charge in [0.1, 0.15) is 17.5 Å². The average molecular weight is 404 g/mol. The first-order valence-corrected chi connectivity index (χ1v) is 10.4. The third-order valence-electron chi connectivity index (χ3n) is 4.11. The van der Waals surface area contributed by atoms with E-state index in [1.54, 1.807) is 29.2 Å². The number of nitrogens with zero attached hydrogens (tertiary/aromatic N) is 1. The van der Waals surface area contributed by atoms with Crippen LogP contribution in [0.4, 0.5) is 10.5 Å². The summed E-state index contributed by atoms with van der Waals surface area (Å²) in [4.78, 5) is 13.8. The number of carbonyl (C=O) groups excluding carboxylic acids is 1. The fraction of sp³-hybridized carbons (Fsp3) is 0.350. The average Bonchev–Trinajstić information content (AvgIpc) is 2.56. The first-order valence-electron chi connectivity index (χ1n) is 8.90. The van der Waals surface area contributed by atoms with Crippen molar-refractivity contribution in [2.45, 2.75) is 42.3 Å². The Morgan fingerprint density at radius 1 is 1.07 bits per heavy atom. The molecule has 8 heteroatoms. The minimum absolute atomic E-state index is 0.137. The third-order valence-corrected chi connectivity index (χ3v) is 5.88. The van der Waals surface area contributed by atoms with Crippen molar-refractivity contribution in [3.63, 3.8) is 0 Å². The summed E-state index contributed by atoms with van der Waals surface area (Å²) in [5.41, 5.74) is 5.57. The number of anilines is 1. The van der Waals surface area contributed by atoms with Gasteiger partial charge >= 0.3 is 6.09 Å². The molecule has 0 bridgehead atoms. The summed E-state index contributed by atoms with van der Waals surface area (Å²) in [6.07, 6.45) is -0.589. The van der Waals surface area contributed by atoms with Gasteiger partial charge in [-0.1, -0.05) is 6.07 Å². The van der Waals surface area contributed by atoms with Gasteiger partial charge in [-0.15, -0.1) is 0 Å². The number of nitrogen functional groups attached to an aromatic ring is 1. The fourth-order valence-corrected chi connectivity index (χ4v) is 3.97. The highest BCUT2D eigenvalue weighted by Crippen LogP contribution is 2.27. The molecule has 2 N–H and O–H groups in total. The maximum atomic E-state index is 12.8. The second kappa shape index (κ2) is 7.35. The third kappa shape index (κ3) is 4.56. The minimum atomic E-state index is -3.67. The Hall–Kier alpha value is -2.74. The zero-order valence-corrected chi connectivity index (χ0v) is 16.9. The quantitative estimate of drug-likeness (QED) is 0.786. The van der Waals surface area contributed by atoms with E-state index in [0.29, 0.717) is 24.5 Å². The molecule has 0 aromatic heterocycles. The van der Waals surface area contributed by atoms with Crippen molar-refractivity contribution in [2.24, 2.45) is 0 Å². The van der Waals surface area contributed by atoms with E-state index in [9.17, 15) is 13.2 Å². The van der Waals surface area contributed by atoms with Gasteiger partial charge in [0.25, 0.3) is 0 Å². The molecule has 1 fully saturated rings. The molecule has 7 nitrogen and oxygen atoms in total. The molecule has 0 atom stereocenters. The zero-order chi connectivity index (χ0) is 20.5. The van der Waals surface area contributed by atoms with E-state index in [2.05, 4.69) is 0 Å². The van der Waals surface area contributed by atoms with Crippen molar-refractivity contribution in [1.82, 2.24) is 4.90 Å². The zero-order valence-electron chi connectivity index (χ0n) is 16.1. The topological polar surface area (TPSA) is 98.9 Å². The van der Waals surface area contributed by atoms with E-state index < -0.39 is 15.4 Å². The van der Waals surface area contributed by atoms with E-state index >= 15 is 0 Å². The predicted molar refractivity (Wildman–Crippen MR) is 105 cm³/mol. The van der Waals surface area contributed by atoms with Crippen LogP contribution in [0.25, 0.3) is 0 Å². The van der Waals surface area contributed by atoms with E-state index in [-0.39, 0.29) is 22.0 Å². The Bertz CT molecular complexity index is 959. The molecule has 1 amide bonds. The Kier molecular flexibility index (Phi) is 5.25. The lowest BCUT2D eigenvalue weighted by atomic mass is 10.1. The second-order valence-electron chi connectivity index (χ2n) is 7.67. The number of hydrogen-bond donors (Lipinski definition) is 1. The Morgan fingerprint density at radius 2 is 1.71 bits per heavy atom. The molecule has 3 rings (SSSR count). The summed E-state index contributed by atoms with van der Waals surface area (Å²) in [6.45, 7) is 6.22. The minimum Gasteiger partial charge on any atom is -0.487 e. The summed E-state index contributed by atoms with van der Waals surface area (Å²) < 4.78 is 36.7. The van der Waals surface area contributed by atoms with Crippen LogP contribution in [0.15, 0.2) is 58.3 Å². The number of nitrogens with two attached hydrogens (primary N) is 1. The standard InChI is InChI=1S/C20H24N2O5S/c1-20(2,3)27-19(23)22-12-16(13-22)26-15-5-4-6-18(11-15)28(24,25)17-9-7-14(21)8-10-17/h4-11,16H,12-13,21H2,1-3H3. The van der Waals surface area contributed by atoms with E-state index in [0.717, 1.165) is 0 Å². The van der Waals surface area contributed by atoms with Crippen LogP contribution in [0.3, 0.4) is 0 Å². The van der Waals surface area contributed by atoms with Crippen LogP contribution in [-0.4, -0.2) is 44.2 Å². The van der Waals surface area contributed by atoms with Crippen LogP contribution in [0, 0.1) is 0 Å². The van der Waals surface area contributed by atoms with Gasteiger partial charge < -0.3 is 20.1 Å². The summed E-state index contributed by atoms with van der Waals surface area (Å²) in [6, 6.07) is 12.4. The van der Waals surface area contributed by atoms with Gasteiger partial charge in [-0.05, 0) is 63.2 Å². The van der Waals surface area contributed by atoms with Crippen molar-refractivity contribution in [3.05, 3.63) is 48.5 Å². The van der Waals surface area contributed by atoms with Gasteiger partial charge in [0.05, 0.1) is 22.9 Å². The van der Waals surface area contributed by atoms with E-state index in [1.807, 2.05) is 20.8 Å². The molecular weight excluding hydrogens is 380 g/mol. The number of amides is 1. The summed E-state index contributed by atoms with van der Waals surface area (Å²) in [5, 5.41) is 0. The van der Waals surface area contributed by atoms with Crippen molar-refractivity contribution in [1.29, 1.82) is 0 Å². The first-order chi connectivity index (χ1) is 13.0. The summed E-state index contributed by atoms with van der Waals surface area (Å²) in [5.74, 6) is 0.436. The molecular formula is C20H24N2O5S. The van der Waals surface area contributed by atoms with Gasteiger partial charge in [0, 0.05) is 5.69 Å². The predicted octanol–water partition coefficient (Wildman–Crippen LogP) is 3.10. The fourth-order valence-electron chi connectivity index (χ4n) is 2.68. The number of sulfone groups is 1. The highest BCUT2D eigenvalue weighted by molar-refractivity contribution is 7.91. The lowest BCUT2D eigenvalue weighted by molar-refractivity contribution is -0.0221. The van der Waals surface area contributed by atoms with Crippen LogP contribution in [0.1, 0.15) is 20.8 Å². The second-order valence-corrected chi connectivity index (χ2v) is 9.62. The molecule has 0 saturated carbocycles. The molecule has 1 aliphatic rings. The molecule has 1 saturated heterocycles. The largest absolute Gasteiger partial charge is 0.487 e. The molecule has 0 aliphatic carbocycles. The molecule has 0 unspecified atom stereocenters. The van der Waals surface area contributed by atoms with Crippen LogP contribution in [0.5, 0.6) is 5.75 Å². The van der Waals surface area contributed by atoms with Crippen LogP contribution in [0.2, 0.25) is 0 Å². The number of ether oxygens (including phenoxy) is 2. The lowest BCUT2D eigenvalue weighted by Crippen LogP contribution is -2.57. The monoisotopic (exact) mass is 404 g/mol. The molecule has 2 aromatic rings. The van der Waals surface area contributed by atoms with Crippen molar-refractivity contribution in [2.75, 3.05) is 18.8 Å². The van der Waals surface area contributed by atoms with Crippen LogP contribution < -0.4 is 10.5 Å². The number of carbonyl (C=O) groups is 1. The van der Waals surface area contributed by atoms with Crippen molar-refractivity contribution in [3.8, 4) is 5.75 Å². The number of likely N-dealkylation sites (tertiary alicyclic amines) is 1. The van der Waals surface area contributed by atoms with Crippen molar-refractivity contribution >= 4 is 21.6 Å². The lowest BCUT2D eigenvalue weighted by Gasteiger charge is -2.39. The Labute approximate surface area is 165 Å². The molecule has 1 aliphatic heterocycles. The number of benzene rings is 2. The molecule has 1 heterocycles. The van der Waals surface area contributed by atoms with Crippen molar-refractivity contribution < 1.29 is 22.7 Å². The number of hydrogen-bond acceptors (Lipinski definition) is 6. The highest BCUT2D eigenvalue weighted by Gasteiger charge is 2.35. The first kappa shape index (κ1) is 20.0. The van der Waals surface area contributed by atoms with Gasteiger partial charge in [0.2, 0.25) is 9.84 Å². The smallest absolute Gasteiger partial charge is 0.410 e. The highest BCUT2D eigenvalue weighted by atomic mass is 32.2. The van der Waals surface area contributed by atoms with Crippen LogP contribution >= 0.6 is 0 Å². The van der Waals surface area contributed by atoms with Crippen LogP contribution in [-0.2, 0) is 14.6 Å². The molecule has 0 radical (unpaired) electrons.